The lowest BCUT2D eigenvalue weighted by molar-refractivity contribution is -0.0240. The van der Waals surface area contributed by atoms with Crippen molar-refractivity contribution in [2.75, 3.05) is 45.9 Å². The molecular formula is C16H32N2O. The molecule has 2 saturated heterocycles. The van der Waals surface area contributed by atoms with Crippen LogP contribution in [0.3, 0.4) is 0 Å². The van der Waals surface area contributed by atoms with Crippen LogP contribution in [0.15, 0.2) is 0 Å². The van der Waals surface area contributed by atoms with Crippen LogP contribution in [0.4, 0.5) is 0 Å². The summed E-state index contributed by atoms with van der Waals surface area (Å²) in [4.78, 5) is 2.67. The van der Waals surface area contributed by atoms with E-state index in [9.17, 15) is 0 Å². The number of hydrogen-bond donors (Lipinski definition) is 1. The van der Waals surface area contributed by atoms with Gasteiger partial charge >= 0.3 is 0 Å². The van der Waals surface area contributed by atoms with Crippen molar-refractivity contribution in [3.63, 3.8) is 0 Å². The Morgan fingerprint density at radius 2 is 2.11 bits per heavy atom. The average molecular weight is 268 g/mol. The van der Waals surface area contributed by atoms with Gasteiger partial charge in [0.1, 0.15) is 0 Å². The highest BCUT2D eigenvalue weighted by atomic mass is 16.5. The van der Waals surface area contributed by atoms with E-state index in [0.717, 1.165) is 26.3 Å². The highest BCUT2D eigenvalue weighted by Crippen LogP contribution is 2.34. The quantitative estimate of drug-likeness (QED) is 0.749. The number of nitrogens with zero attached hydrogens (tertiary/aromatic N) is 1. The van der Waals surface area contributed by atoms with Crippen LogP contribution in [-0.4, -0.2) is 50.8 Å². The molecule has 19 heavy (non-hydrogen) atoms. The van der Waals surface area contributed by atoms with E-state index in [1.807, 2.05) is 0 Å². The molecule has 1 unspecified atom stereocenters. The van der Waals surface area contributed by atoms with E-state index in [2.05, 4.69) is 31.0 Å². The zero-order valence-electron chi connectivity index (χ0n) is 13.1. The van der Waals surface area contributed by atoms with Crippen LogP contribution < -0.4 is 5.32 Å². The maximum Gasteiger partial charge on any atom is 0.0546 e. The van der Waals surface area contributed by atoms with Crippen LogP contribution in [0.1, 0.15) is 46.5 Å². The van der Waals surface area contributed by atoms with Crippen LogP contribution in [0.25, 0.3) is 0 Å². The Kier molecular flexibility index (Phi) is 5.27. The standard InChI is InChI=1S/C16H32N2O/c1-4-8-17-11-16(6-5-10-19-14-16)13-18-9-7-15(2,3)12-18/h17H,4-14H2,1-3H3. The summed E-state index contributed by atoms with van der Waals surface area (Å²) in [6, 6.07) is 0. The zero-order chi connectivity index (χ0) is 13.8. The van der Waals surface area contributed by atoms with Gasteiger partial charge in [-0.05, 0) is 44.2 Å². The van der Waals surface area contributed by atoms with Gasteiger partial charge in [0.05, 0.1) is 6.61 Å². The zero-order valence-corrected chi connectivity index (χ0v) is 13.1. The van der Waals surface area contributed by atoms with E-state index in [1.165, 1.54) is 45.3 Å². The molecule has 2 aliphatic rings. The van der Waals surface area contributed by atoms with Gasteiger partial charge in [0, 0.05) is 31.7 Å². The lowest BCUT2D eigenvalue weighted by Crippen LogP contribution is -2.48. The van der Waals surface area contributed by atoms with Gasteiger partial charge in [-0.2, -0.15) is 0 Å². The molecule has 0 bridgehead atoms. The first-order valence-corrected chi connectivity index (χ1v) is 8.06. The second-order valence-electron chi connectivity index (χ2n) is 7.46. The maximum atomic E-state index is 5.81. The molecule has 0 radical (unpaired) electrons. The fourth-order valence-corrected chi connectivity index (χ4v) is 3.59. The van der Waals surface area contributed by atoms with Crippen molar-refractivity contribution in [2.45, 2.75) is 46.5 Å². The van der Waals surface area contributed by atoms with E-state index in [0.29, 0.717) is 10.8 Å². The van der Waals surface area contributed by atoms with Gasteiger partial charge in [-0.3, -0.25) is 0 Å². The van der Waals surface area contributed by atoms with Gasteiger partial charge in [-0.25, -0.2) is 0 Å². The topological polar surface area (TPSA) is 24.5 Å². The Morgan fingerprint density at radius 1 is 1.26 bits per heavy atom. The molecule has 112 valence electrons. The Bertz CT molecular complexity index is 272. The Labute approximate surface area is 119 Å². The second-order valence-corrected chi connectivity index (χ2v) is 7.46. The molecule has 0 spiro atoms. The van der Waals surface area contributed by atoms with Gasteiger partial charge in [0.15, 0.2) is 0 Å². The van der Waals surface area contributed by atoms with E-state index >= 15 is 0 Å². The lowest BCUT2D eigenvalue weighted by atomic mass is 9.81. The number of nitrogens with one attached hydrogen (secondary N) is 1. The first kappa shape index (κ1) is 15.3. The summed E-state index contributed by atoms with van der Waals surface area (Å²) < 4.78 is 5.81. The molecule has 0 aromatic rings. The summed E-state index contributed by atoms with van der Waals surface area (Å²) in [6.45, 7) is 14.9. The van der Waals surface area contributed by atoms with Crippen molar-refractivity contribution >= 4 is 0 Å². The van der Waals surface area contributed by atoms with E-state index in [4.69, 9.17) is 4.74 Å². The van der Waals surface area contributed by atoms with E-state index < -0.39 is 0 Å². The van der Waals surface area contributed by atoms with Crippen LogP contribution in [0.5, 0.6) is 0 Å². The molecule has 2 heterocycles. The van der Waals surface area contributed by atoms with Gasteiger partial charge in [0.2, 0.25) is 0 Å². The van der Waals surface area contributed by atoms with Crippen molar-refractivity contribution in [2.24, 2.45) is 10.8 Å². The van der Waals surface area contributed by atoms with Crippen LogP contribution in [0, 0.1) is 10.8 Å². The Hall–Kier alpha value is -0.120. The molecular weight excluding hydrogens is 236 g/mol. The fraction of sp³-hybridized carbons (Fsp3) is 1.00. The molecule has 0 aromatic carbocycles. The average Bonchev–Trinajstić information content (AvgIpc) is 2.70. The fourth-order valence-electron chi connectivity index (χ4n) is 3.59. The molecule has 3 nitrogen and oxygen atoms in total. The molecule has 0 saturated carbocycles. The van der Waals surface area contributed by atoms with E-state index in [1.54, 1.807) is 0 Å². The van der Waals surface area contributed by atoms with Crippen LogP contribution >= 0.6 is 0 Å². The monoisotopic (exact) mass is 268 g/mol. The smallest absolute Gasteiger partial charge is 0.0546 e. The Morgan fingerprint density at radius 3 is 2.68 bits per heavy atom. The summed E-state index contributed by atoms with van der Waals surface area (Å²) in [5.41, 5.74) is 0.863. The molecule has 1 atom stereocenters. The van der Waals surface area contributed by atoms with E-state index in [-0.39, 0.29) is 0 Å². The molecule has 0 amide bonds. The van der Waals surface area contributed by atoms with Gasteiger partial charge in [0.25, 0.3) is 0 Å². The van der Waals surface area contributed by atoms with Crippen molar-refractivity contribution in [3.8, 4) is 0 Å². The van der Waals surface area contributed by atoms with Gasteiger partial charge in [-0.1, -0.05) is 20.8 Å². The molecule has 2 fully saturated rings. The summed E-state index contributed by atoms with van der Waals surface area (Å²) in [6.07, 6.45) is 5.10. The predicted octanol–water partition coefficient (Wildman–Crippen LogP) is 2.51. The number of ether oxygens (including phenoxy) is 1. The van der Waals surface area contributed by atoms with Crippen LogP contribution in [-0.2, 0) is 4.74 Å². The van der Waals surface area contributed by atoms with Crippen molar-refractivity contribution in [1.29, 1.82) is 0 Å². The van der Waals surface area contributed by atoms with Crippen molar-refractivity contribution < 1.29 is 4.74 Å². The minimum Gasteiger partial charge on any atom is -0.381 e. The molecule has 0 aromatic heterocycles. The summed E-state index contributed by atoms with van der Waals surface area (Å²) >= 11 is 0. The normalized spacial score (nSPS) is 31.7. The first-order valence-electron chi connectivity index (χ1n) is 8.06. The number of rotatable bonds is 6. The third kappa shape index (κ3) is 4.44. The minimum absolute atomic E-state index is 0.355. The van der Waals surface area contributed by atoms with Crippen molar-refractivity contribution in [3.05, 3.63) is 0 Å². The SMILES string of the molecule is CCCNCC1(CN2CCC(C)(C)C2)CCCOC1. The lowest BCUT2D eigenvalue weighted by Gasteiger charge is -2.40. The maximum absolute atomic E-state index is 5.81. The first-order chi connectivity index (χ1) is 9.05. The molecule has 2 rings (SSSR count). The minimum atomic E-state index is 0.355. The van der Waals surface area contributed by atoms with Gasteiger partial charge < -0.3 is 15.0 Å². The predicted molar refractivity (Wildman–Crippen MR) is 80.5 cm³/mol. The molecule has 1 N–H and O–H groups in total. The largest absolute Gasteiger partial charge is 0.381 e. The third-order valence-corrected chi connectivity index (χ3v) is 4.65. The number of likely N-dealkylation sites (tertiary alicyclic amines) is 1. The number of hydrogen-bond acceptors (Lipinski definition) is 3. The molecule has 3 heteroatoms. The summed E-state index contributed by atoms with van der Waals surface area (Å²) in [5.74, 6) is 0. The van der Waals surface area contributed by atoms with Gasteiger partial charge in [-0.15, -0.1) is 0 Å². The Balaban J connectivity index is 1.90. The summed E-state index contributed by atoms with van der Waals surface area (Å²) in [7, 11) is 0. The second kappa shape index (κ2) is 6.55. The van der Waals surface area contributed by atoms with Crippen molar-refractivity contribution in [1.82, 2.24) is 10.2 Å². The molecule has 0 aliphatic carbocycles. The third-order valence-electron chi connectivity index (χ3n) is 4.65. The molecule has 2 aliphatic heterocycles. The van der Waals surface area contributed by atoms with Crippen LogP contribution in [0.2, 0.25) is 0 Å². The summed E-state index contributed by atoms with van der Waals surface area (Å²) in [5, 5.41) is 3.63. The highest BCUT2D eigenvalue weighted by Gasteiger charge is 2.38. The highest BCUT2D eigenvalue weighted by molar-refractivity contribution is 4.91.